The SMILES string of the molecule is Cc1cc(NN)nc(CN2CCOC3CCCCC32)n1. The van der Waals surface area contributed by atoms with Crippen LogP contribution in [0, 0.1) is 6.92 Å². The molecule has 0 amide bonds. The van der Waals surface area contributed by atoms with Crippen LogP contribution >= 0.6 is 0 Å². The molecule has 0 bridgehead atoms. The fourth-order valence-corrected chi connectivity index (χ4v) is 3.33. The highest BCUT2D eigenvalue weighted by Crippen LogP contribution is 2.29. The summed E-state index contributed by atoms with van der Waals surface area (Å²) in [6, 6.07) is 2.38. The molecular formula is C14H23N5O. The first-order chi connectivity index (χ1) is 9.76. The van der Waals surface area contributed by atoms with Gasteiger partial charge in [-0.25, -0.2) is 15.8 Å². The van der Waals surface area contributed by atoms with Crippen molar-refractivity contribution in [2.24, 2.45) is 5.84 Å². The molecule has 2 atom stereocenters. The van der Waals surface area contributed by atoms with Crippen molar-refractivity contribution >= 4 is 5.82 Å². The van der Waals surface area contributed by atoms with E-state index in [0.29, 0.717) is 18.0 Å². The molecule has 3 N–H and O–H groups in total. The summed E-state index contributed by atoms with van der Waals surface area (Å²) < 4.78 is 5.90. The molecular weight excluding hydrogens is 254 g/mol. The van der Waals surface area contributed by atoms with E-state index in [2.05, 4.69) is 20.3 Å². The van der Waals surface area contributed by atoms with Crippen molar-refractivity contribution < 1.29 is 4.74 Å². The molecule has 2 aliphatic rings. The number of fused-ring (bicyclic) bond motifs is 1. The molecule has 1 aliphatic heterocycles. The Morgan fingerprint density at radius 3 is 3.10 bits per heavy atom. The number of nitrogens with two attached hydrogens (primary N) is 1. The van der Waals surface area contributed by atoms with Gasteiger partial charge in [-0.05, 0) is 19.8 Å². The number of anilines is 1. The van der Waals surface area contributed by atoms with Gasteiger partial charge in [-0.1, -0.05) is 12.8 Å². The van der Waals surface area contributed by atoms with Gasteiger partial charge in [0.1, 0.15) is 11.6 Å². The minimum Gasteiger partial charge on any atom is -0.375 e. The van der Waals surface area contributed by atoms with Gasteiger partial charge in [-0.15, -0.1) is 0 Å². The highest BCUT2D eigenvalue weighted by Gasteiger charge is 2.34. The summed E-state index contributed by atoms with van der Waals surface area (Å²) in [4.78, 5) is 11.5. The fourth-order valence-electron chi connectivity index (χ4n) is 3.33. The van der Waals surface area contributed by atoms with E-state index < -0.39 is 0 Å². The van der Waals surface area contributed by atoms with Crippen molar-refractivity contribution in [3.05, 3.63) is 17.6 Å². The van der Waals surface area contributed by atoms with Gasteiger partial charge in [-0.2, -0.15) is 0 Å². The first kappa shape index (κ1) is 13.7. The molecule has 2 unspecified atom stereocenters. The molecule has 20 heavy (non-hydrogen) atoms. The normalized spacial score (nSPS) is 27.1. The van der Waals surface area contributed by atoms with Gasteiger partial charge in [0.15, 0.2) is 0 Å². The van der Waals surface area contributed by atoms with Gasteiger partial charge in [-0.3, -0.25) is 4.90 Å². The molecule has 6 nitrogen and oxygen atoms in total. The van der Waals surface area contributed by atoms with Crippen LogP contribution in [0.5, 0.6) is 0 Å². The largest absolute Gasteiger partial charge is 0.375 e. The van der Waals surface area contributed by atoms with Crippen LogP contribution in [0.4, 0.5) is 5.82 Å². The van der Waals surface area contributed by atoms with E-state index >= 15 is 0 Å². The van der Waals surface area contributed by atoms with Gasteiger partial charge in [0.2, 0.25) is 0 Å². The van der Waals surface area contributed by atoms with E-state index in [-0.39, 0.29) is 0 Å². The first-order valence-electron chi connectivity index (χ1n) is 7.43. The monoisotopic (exact) mass is 277 g/mol. The Balaban J connectivity index is 1.74. The zero-order valence-electron chi connectivity index (χ0n) is 12.0. The molecule has 1 aromatic heterocycles. The Hall–Kier alpha value is -1.24. The second-order valence-electron chi connectivity index (χ2n) is 5.69. The lowest BCUT2D eigenvalue weighted by Gasteiger charge is -2.43. The van der Waals surface area contributed by atoms with Gasteiger partial charge >= 0.3 is 0 Å². The molecule has 2 heterocycles. The summed E-state index contributed by atoms with van der Waals surface area (Å²) in [5.41, 5.74) is 3.55. The van der Waals surface area contributed by atoms with Crippen molar-refractivity contribution in [2.75, 3.05) is 18.6 Å². The Morgan fingerprint density at radius 1 is 1.40 bits per heavy atom. The number of morpholine rings is 1. The van der Waals surface area contributed by atoms with Crippen molar-refractivity contribution in [2.45, 2.75) is 51.3 Å². The van der Waals surface area contributed by atoms with Crippen LogP contribution in [-0.4, -0.2) is 40.2 Å². The number of hydrogen-bond donors (Lipinski definition) is 2. The summed E-state index contributed by atoms with van der Waals surface area (Å²) in [5, 5.41) is 0. The molecule has 0 radical (unpaired) electrons. The van der Waals surface area contributed by atoms with Crippen molar-refractivity contribution in [3.8, 4) is 0 Å². The maximum absolute atomic E-state index is 5.90. The lowest BCUT2D eigenvalue weighted by molar-refractivity contribution is -0.0918. The van der Waals surface area contributed by atoms with E-state index in [1.807, 2.05) is 13.0 Å². The Kier molecular flexibility index (Phi) is 4.14. The lowest BCUT2D eigenvalue weighted by Crippen LogP contribution is -2.52. The highest BCUT2D eigenvalue weighted by atomic mass is 16.5. The van der Waals surface area contributed by atoms with Crippen LogP contribution in [-0.2, 0) is 11.3 Å². The van der Waals surface area contributed by atoms with Crippen LogP contribution in [0.1, 0.15) is 37.2 Å². The van der Waals surface area contributed by atoms with Crippen molar-refractivity contribution in [1.82, 2.24) is 14.9 Å². The van der Waals surface area contributed by atoms with Crippen molar-refractivity contribution in [3.63, 3.8) is 0 Å². The Bertz CT molecular complexity index is 465. The number of rotatable bonds is 3. The minimum atomic E-state index is 0.398. The van der Waals surface area contributed by atoms with Crippen LogP contribution in [0.25, 0.3) is 0 Å². The third kappa shape index (κ3) is 2.92. The third-order valence-electron chi connectivity index (χ3n) is 4.24. The number of aromatic nitrogens is 2. The topological polar surface area (TPSA) is 76.3 Å². The van der Waals surface area contributed by atoms with Gasteiger partial charge < -0.3 is 10.2 Å². The summed E-state index contributed by atoms with van der Waals surface area (Å²) in [5.74, 6) is 6.97. The predicted molar refractivity (Wildman–Crippen MR) is 77.0 cm³/mol. The summed E-state index contributed by atoms with van der Waals surface area (Å²) >= 11 is 0. The number of hydrogen-bond acceptors (Lipinski definition) is 6. The van der Waals surface area contributed by atoms with Crippen LogP contribution < -0.4 is 11.3 Å². The van der Waals surface area contributed by atoms with E-state index in [0.717, 1.165) is 31.2 Å². The van der Waals surface area contributed by atoms with E-state index in [1.54, 1.807) is 0 Å². The average Bonchev–Trinajstić information content (AvgIpc) is 2.47. The second-order valence-corrected chi connectivity index (χ2v) is 5.69. The molecule has 110 valence electrons. The standard InChI is InChI=1S/C14H23N5O/c1-10-8-13(18-15)17-14(16-10)9-19-6-7-20-12-5-3-2-4-11(12)19/h8,11-12H,2-7,9,15H2,1H3,(H,16,17,18). The molecule has 0 spiro atoms. The first-order valence-corrected chi connectivity index (χ1v) is 7.43. The van der Waals surface area contributed by atoms with Crippen LogP contribution in [0.2, 0.25) is 0 Å². The Morgan fingerprint density at radius 2 is 2.25 bits per heavy atom. The lowest BCUT2D eigenvalue weighted by atomic mass is 9.90. The molecule has 1 saturated carbocycles. The van der Waals surface area contributed by atoms with Gasteiger partial charge in [0.25, 0.3) is 0 Å². The number of ether oxygens (including phenoxy) is 1. The van der Waals surface area contributed by atoms with Crippen molar-refractivity contribution in [1.29, 1.82) is 0 Å². The van der Waals surface area contributed by atoms with E-state index in [9.17, 15) is 0 Å². The number of aryl methyl sites for hydroxylation is 1. The maximum Gasteiger partial charge on any atom is 0.145 e. The third-order valence-corrected chi connectivity index (χ3v) is 4.24. The molecule has 2 fully saturated rings. The smallest absolute Gasteiger partial charge is 0.145 e. The van der Waals surface area contributed by atoms with Gasteiger partial charge in [0, 0.05) is 24.3 Å². The fraction of sp³-hybridized carbons (Fsp3) is 0.714. The molecule has 6 heteroatoms. The van der Waals surface area contributed by atoms with Gasteiger partial charge in [0.05, 0.1) is 19.3 Å². The van der Waals surface area contributed by atoms with Crippen LogP contribution in [0.15, 0.2) is 6.07 Å². The number of nitrogen functional groups attached to an aromatic ring is 1. The molecule has 3 rings (SSSR count). The number of hydrazine groups is 1. The zero-order valence-corrected chi connectivity index (χ0v) is 12.0. The molecule has 1 aromatic rings. The second kappa shape index (κ2) is 6.03. The zero-order chi connectivity index (χ0) is 13.9. The number of nitrogens with zero attached hydrogens (tertiary/aromatic N) is 3. The summed E-state index contributed by atoms with van der Waals surface area (Å²) in [6.07, 6.45) is 5.39. The van der Waals surface area contributed by atoms with E-state index in [1.165, 1.54) is 25.7 Å². The molecule has 0 aromatic carbocycles. The van der Waals surface area contributed by atoms with E-state index in [4.69, 9.17) is 10.6 Å². The molecule has 1 saturated heterocycles. The quantitative estimate of drug-likeness (QED) is 0.639. The highest BCUT2D eigenvalue weighted by molar-refractivity contribution is 5.33. The molecule has 1 aliphatic carbocycles. The minimum absolute atomic E-state index is 0.398. The van der Waals surface area contributed by atoms with Crippen LogP contribution in [0.3, 0.4) is 0 Å². The predicted octanol–water partition coefficient (Wildman–Crippen LogP) is 1.21. The average molecular weight is 277 g/mol. The number of nitrogens with one attached hydrogen (secondary N) is 1. The Labute approximate surface area is 119 Å². The summed E-state index contributed by atoms with van der Waals surface area (Å²) in [6.45, 7) is 4.52. The summed E-state index contributed by atoms with van der Waals surface area (Å²) in [7, 11) is 0. The maximum atomic E-state index is 5.90.